The van der Waals surface area contributed by atoms with Gasteiger partial charge in [0.1, 0.15) is 0 Å². The van der Waals surface area contributed by atoms with Crippen LogP contribution >= 0.6 is 11.3 Å². The van der Waals surface area contributed by atoms with Gasteiger partial charge in [-0.25, -0.2) is 0 Å². The van der Waals surface area contributed by atoms with E-state index in [1.165, 1.54) is 29.7 Å². The number of carbonyl (C=O) groups excluding carboxylic acids is 1. The normalized spacial score (nSPS) is 15.0. The van der Waals surface area contributed by atoms with Crippen LogP contribution in [0.15, 0.2) is 5.38 Å². The number of hydrogen-bond acceptors (Lipinski definition) is 3. The van der Waals surface area contributed by atoms with Gasteiger partial charge < -0.3 is 10.2 Å². The Balaban J connectivity index is 1.87. The first kappa shape index (κ1) is 19.5. The maximum atomic E-state index is 12.6. The molecule has 0 aromatic carbocycles. The molecule has 1 amide bonds. The summed E-state index contributed by atoms with van der Waals surface area (Å²) in [6.45, 7) is 12.9. The molecule has 0 fully saturated rings. The lowest BCUT2D eigenvalue weighted by atomic mass is 10.1. The Morgan fingerprint density at radius 2 is 1.79 bits per heavy atom. The van der Waals surface area contributed by atoms with Crippen LogP contribution in [-0.4, -0.2) is 37.0 Å². The average molecular weight is 351 g/mol. The van der Waals surface area contributed by atoms with Crippen LogP contribution in [0.2, 0.25) is 0 Å². The number of rotatable bonds is 8. The van der Waals surface area contributed by atoms with Gasteiger partial charge in [-0.1, -0.05) is 34.1 Å². The maximum Gasteiger partial charge on any atom is 0.252 e. The van der Waals surface area contributed by atoms with E-state index in [0.29, 0.717) is 11.8 Å². The minimum atomic E-state index is 0.128. The first-order chi connectivity index (χ1) is 11.5. The number of hydrogen-bond donors (Lipinski definition) is 1. The summed E-state index contributed by atoms with van der Waals surface area (Å²) in [5.41, 5.74) is 2.27. The van der Waals surface area contributed by atoms with Crippen LogP contribution in [0.4, 0.5) is 0 Å². The molecule has 1 aliphatic carbocycles. The van der Waals surface area contributed by atoms with Crippen molar-refractivity contribution in [2.24, 2.45) is 11.8 Å². The van der Waals surface area contributed by atoms with Gasteiger partial charge in [-0.3, -0.25) is 4.79 Å². The molecule has 0 atom stereocenters. The van der Waals surface area contributed by atoms with Gasteiger partial charge in [0.05, 0.1) is 5.56 Å². The van der Waals surface area contributed by atoms with Gasteiger partial charge in [0.25, 0.3) is 5.91 Å². The van der Waals surface area contributed by atoms with E-state index in [1.54, 1.807) is 11.3 Å². The Labute approximate surface area is 151 Å². The van der Waals surface area contributed by atoms with Crippen molar-refractivity contribution in [1.82, 2.24) is 10.2 Å². The second-order valence-electron chi connectivity index (χ2n) is 7.91. The summed E-state index contributed by atoms with van der Waals surface area (Å²) in [6, 6.07) is 0. The van der Waals surface area contributed by atoms with Crippen molar-refractivity contribution >= 4 is 17.2 Å². The molecule has 0 spiro atoms. The quantitative estimate of drug-likeness (QED) is 0.707. The van der Waals surface area contributed by atoms with Gasteiger partial charge in [0, 0.05) is 36.4 Å². The smallest absolute Gasteiger partial charge is 0.252 e. The molecule has 3 nitrogen and oxygen atoms in total. The first-order valence-electron chi connectivity index (χ1n) is 9.57. The molecule has 0 unspecified atom stereocenters. The van der Waals surface area contributed by atoms with Crippen molar-refractivity contribution in [1.29, 1.82) is 0 Å². The van der Waals surface area contributed by atoms with Gasteiger partial charge in [0.15, 0.2) is 0 Å². The fraction of sp³-hybridized carbons (Fsp3) is 0.750. The molecule has 2 rings (SSSR count). The number of nitrogens with one attached hydrogen (secondary N) is 1. The summed E-state index contributed by atoms with van der Waals surface area (Å²) in [4.78, 5) is 16.5. The van der Waals surface area contributed by atoms with E-state index >= 15 is 0 Å². The largest absolute Gasteiger partial charge is 0.351 e. The van der Waals surface area contributed by atoms with E-state index in [9.17, 15) is 4.79 Å². The second-order valence-corrected chi connectivity index (χ2v) is 8.88. The molecule has 0 bridgehead atoms. The Kier molecular flexibility index (Phi) is 7.76. The van der Waals surface area contributed by atoms with Crippen LogP contribution in [-0.2, 0) is 12.8 Å². The van der Waals surface area contributed by atoms with Crippen LogP contribution in [0.5, 0.6) is 0 Å². The SMILES string of the molecule is CC(C)CN(CCNC(=O)c1csc2c1CCCCC2)CC(C)C. The first-order valence-corrected chi connectivity index (χ1v) is 10.4. The van der Waals surface area contributed by atoms with Crippen LogP contribution in [0, 0.1) is 11.8 Å². The van der Waals surface area contributed by atoms with Crippen molar-refractivity contribution < 1.29 is 4.79 Å². The van der Waals surface area contributed by atoms with E-state index in [2.05, 4.69) is 43.3 Å². The van der Waals surface area contributed by atoms with E-state index in [4.69, 9.17) is 0 Å². The van der Waals surface area contributed by atoms with E-state index in [1.807, 2.05) is 0 Å². The van der Waals surface area contributed by atoms with Gasteiger partial charge >= 0.3 is 0 Å². The van der Waals surface area contributed by atoms with Gasteiger partial charge in [-0.05, 0) is 43.1 Å². The van der Waals surface area contributed by atoms with Crippen LogP contribution in [0.3, 0.4) is 0 Å². The molecule has 24 heavy (non-hydrogen) atoms. The summed E-state index contributed by atoms with van der Waals surface area (Å²) in [6.07, 6.45) is 6.02. The maximum absolute atomic E-state index is 12.6. The molecule has 1 heterocycles. The Bertz CT molecular complexity index is 512. The van der Waals surface area contributed by atoms with Crippen molar-refractivity contribution in [2.45, 2.75) is 59.8 Å². The fourth-order valence-electron chi connectivity index (χ4n) is 3.57. The summed E-state index contributed by atoms with van der Waals surface area (Å²) in [5.74, 6) is 1.45. The predicted octanol–water partition coefficient (Wildman–Crippen LogP) is 4.36. The molecular weight excluding hydrogens is 316 g/mol. The molecule has 136 valence electrons. The highest BCUT2D eigenvalue weighted by Gasteiger charge is 2.19. The molecule has 0 saturated carbocycles. The topological polar surface area (TPSA) is 32.3 Å². The summed E-state index contributed by atoms with van der Waals surface area (Å²) >= 11 is 1.78. The molecule has 0 saturated heterocycles. The number of thiophene rings is 1. The summed E-state index contributed by atoms with van der Waals surface area (Å²) < 4.78 is 0. The lowest BCUT2D eigenvalue weighted by Gasteiger charge is -2.26. The van der Waals surface area contributed by atoms with Crippen LogP contribution in [0.25, 0.3) is 0 Å². The van der Waals surface area contributed by atoms with Gasteiger partial charge in [-0.15, -0.1) is 11.3 Å². The van der Waals surface area contributed by atoms with E-state index in [-0.39, 0.29) is 5.91 Å². The predicted molar refractivity (Wildman–Crippen MR) is 104 cm³/mol. The highest BCUT2D eigenvalue weighted by Crippen LogP contribution is 2.29. The number of nitrogens with zero attached hydrogens (tertiary/aromatic N) is 1. The van der Waals surface area contributed by atoms with Crippen LogP contribution in [0.1, 0.15) is 67.8 Å². The zero-order valence-corrected chi connectivity index (χ0v) is 16.7. The standard InChI is InChI=1S/C20H34N2OS/c1-15(2)12-22(13-16(3)4)11-10-21-20(23)18-14-24-19-9-7-5-6-8-17(18)19/h14-16H,5-13H2,1-4H3,(H,21,23). The number of fused-ring (bicyclic) bond motifs is 1. The van der Waals surface area contributed by atoms with Crippen molar-refractivity contribution in [3.05, 3.63) is 21.4 Å². The molecule has 0 aliphatic heterocycles. The second kappa shape index (κ2) is 9.57. The minimum absolute atomic E-state index is 0.128. The fourth-order valence-corrected chi connectivity index (χ4v) is 4.70. The van der Waals surface area contributed by atoms with Crippen molar-refractivity contribution in [3.8, 4) is 0 Å². The van der Waals surface area contributed by atoms with E-state index in [0.717, 1.165) is 44.6 Å². The lowest BCUT2D eigenvalue weighted by molar-refractivity contribution is 0.0946. The highest BCUT2D eigenvalue weighted by molar-refractivity contribution is 7.10. The monoisotopic (exact) mass is 350 g/mol. The third-order valence-corrected chi connectivity index (χ3v) is 5.60. The number of carbonyl (C=O) groups is 1. The van der Waals surface area contributed by atoms with Crippen molar-refractivity contribution in [2.75, 3.05) is 26.2 Å². The van der Waals surface area contributed by atoms with Crippen LogP contribution < -0.4 is 5.32 Å². The summed E-state index contributed by atoms with van der Waals surface area (Å²) in [5, 5.41) is 5.23. The molecule has 1 aromatic heterocycles. The molecular formula is C20H34N2OS. The molecule has 1 aliphatic rings. The van der Waals surface area contributed by atoms with Crippen molar-refractivity contribution in [3.63, 3.8) is 0 Å². The third-order valence-electron chi connectivity index (χ3n) is 4.52. The Hall–Kier alpha value is -0.870. The molecule has 4 heteroatoms. The zero-order valence-electron chi connectivity index (χ0n) is 15.9. The molecule has 1 N–H and O–H groups in total. The third kappa shape index (κ3) is 5.89. The molecule has 0 radical (unpaired) electrons. The lowest BCUT2D eigenvalue weighted by Crippen LogP contribution is -2.38. The number of amides is 1. The van der Waals surface area contributed by atoms with Gasteiger partial charge in [-0.2, -0.15) is 0 Å². The average Bonchev–Trinajstić information content (AvgIpc) is 2.75. The Morgan fingerprint density at radius 1 is 1.12 bits per heavy atom. The highest BCUT2D eigenvalue weighted by atomic mass is 32.1. The molecule has 1 aromatic rings. The minimum Gasteiger partial charge on any atom is -0.351 e. The number of aryl methyl sites for hydroxylation is 1. The Morgan fingerprint density at radius 3 is 2.46 bits per heavy atom. The van der Waals surface area contributed by atoms with Gasteiger partial charge in [0.2, 0.25) is 0 Å². The van der Waals surface area contributed by atoms with E-state index < -0.39 is 0 Å². The zero-order chi connectivity index (χ0) is 17.5. The summed E-state index contributed by atoms with van der Waals surface area (Å²) in [7, 11) is 0.